The van der Waals surface area contributed by atoms with Crippen LogP contribution in [0, 0.1) is 19.3 Å². The van der Waals surface area contributed by atoms with Crippen molar-refractivity contribution in [3.63, 3.8) is 0 Å². The largest absolute Gasteiger partial charge is 0.492 e. The molecule has 0 radical (unpaired) electrons. The van der Waals surface area contributed by atoms with Crippen LogP contribution in [-0.2, 0) is 9.53 Å². The summed E-state index contributed by atoms with van der Waals surface area (Å²) in [5, 5.41) is 0. The third-order valence-corrected chi connectivity index (χ3v) is 3.30. The topological polar surface area (TPSA) is 61.5 Å². The maximum absolute atomic E-state index is 11.6. The fourth-order valence-corrected chi connectivity index (χ4v) is 2.03. The fraction of sp³-hybridized carbons (Fsp3) is 0.467. The lowest BCUT2D eigenvalue weighted by Crippen LogP contribution is -2.32. The summed E-state index contributed by atoms with van der Waals surface area (Å²) in [6.07, 6.45) is 0. The molecule has 110 valence electrons. The fourth-order valence-electron chi connectivity index (χ4n) is 1.91. The number of thiocarbonyl (C=S) groups is 1. The number of benzene rings is 1. The zero-order valence-electron chi connectivity index (χ0n) is 12.6. The second kappa shape index (κ2) is 6.22. The molecule has 0 aliphatic rings. The molecular weight excluding hydrogens is 274 g/mol. The Hall–Kier alpha value is -1.62. The predicted octanol–water partition coefficient (Wildman–Crippen LogP) is 2.52. The van der Waals surface area contributed by atoms with Crippen molar-refractivity contribution in [2.24, 2.45) is 11.1 Å². The van der Waals surface area contributed by atoms with Crippen LogP contribution in [0.15, 0.2) is 12.1 Å². The molecule has 2 N–H and O–H groups in total. The van der Waals surface area contributed by atoms with Gasteiger partial charge >= 0.3 is 5.97 Å². The highest BCUT2D eigenvalue weighted by molar-refractivity contribution is 7.80. The summed E-state index contributed by atoms with van der Waals surface area (Å²) in [5.41, 5.74) is 7.62. The molecule has 20 heavy (non-hydrogen) atoms. The van der Waals surface area contributed by atoms with Gasteiger partial charge in [0.1, 0.15) is 17.3 Å². The van der Waals surface area contributed by atoms with E-state index in [1.54, 1.807) is 13.8 Å². The molecule has 0 bridgehead atoms. The number of hydrogen-bond acceptors (Lipinski definition) is 4. The number of carbonyl (C=O) groups excluding carboxylic acids is 1. The average molecular weight is 295 g/mol. The molecular formula is C15H21NO3S. The van der Waals surface area contributed by atoms with E-state index >= 15 is 0 Å². The Bertz CT molecular complexity index is 515. The summed E-state index contributed by atoms with van der Waals surface area (Å²) < 4.78 is 10.6. The van der Waals surface area contributed by atoms with E-state index in [2.05, 4.69) is 0 Å². The van der Waals surface area contributed by atoms with Gasteiger partial charge in [0.05, 0.1) is 12.5 Å². The van der Waals surface area contributed by atoms with Gasteiger partial charge in [0, 0.05) is 5.56 Å². The second-order valence-electron chi connectivity index (χ2n) is 5.47. The van der Waals surface area contributed by atoms with E-state index in [-0.39, 0.29) is 12.6 Å². The van der Waals surface area contributed by atoms with Gasteiger partial charge in [-0.1, -0.05) is 12.2 Å². The van der Waals surface area contributed by atoms with Crippen LogP contribution in [0.1, 0.15) is 30.5 Å². The van der Waals surface area contributed by atoms with E-state index in [0.29, 0.717) is 4.99 Å². The molecule has 0 aliphatic heterocycles. The van der Waals surface area contributed by atoms with Crippen molar-refractivity contribution in [3.8, 4) is 5.75 Å². The van der Waals surface area contributed by atoms with Gasteiger partial charge in [0.25, 0.3) is 0 Å². The van der Waals surface area contributed by atoms with Crippen molar-refractivity contribution in [1.29, 1.82) is 0 Å². The Labute approximate surface area is 125 Å². The van der Waals surface area contributed by atoms with Crippen molar-refractivity contribution in [2.75, 3.05) is 13.7 Å². The van der Waals surface area contributed by atoms with Crippen molar-refractivity contribution < 1.29 is 14.3 Å². The van der Waals surface area contributed by atoms with E-state index < -0.39 is 5.41 Å². The molecule has 0 spiro atoms. The van der Waals surface area contributed by atoms with Gasteiger partial charge in [-0.15, -0.1) is 0 Å². The lowest BCUT2D eigenvalue weighted by molar-refractivity contribution is -0.152. The van der Waals surface area contributed by atoms with Crippen LogP contribution in [0.5, 0.6) is 5.75 Å². The molecule has 5 heteroatoms. The first-order chi connectivity index (χ1) is 9.19. The summed E-state index contributed by atoms with van der Waals surface area (Å²) in [5.74, 6) is 0.453. The minimum Gasteiger partial charge on any atom is -0.492 e. The van der Waals surface area contributed by atoms with Gasteiger partial charge in [-0.2, -0.15) is 0 Å². The predicted molar refractivity (Wildman–Crippen MR) is 83.1 cm³/mol. The van der Waals surface area contributed by atoms with Gasteiger partial charge in [0.2, 0.25) is 0 Å². The van der Waals surface area contributed by atoms with Crippen LogP contribution in [0.4, 0.5) is 0 Å². The highest BCUT2D eigenvalue weighted by atomic mass is 32.1. The molecule has 0 aromatic heterocycles. The third kappa shape index (κ3) is 3.70. The molecule has 0 aliphatic carbocycles. The molecule has 0 fully saturated rings. The summed E-state index contributed by atoms with van der Waals surface area (Å²) >= 11 is 4.97. The van der Waals surface area contributed by atoms with Gasteiger partial charge in [-0.05, 0) is 51.0 Å². The summed E-state index contributed by atoms with van der Waals surface area (Å²) in [6, 6.07) is 3.77. The van der Waals surface area contributed by atoms with Gasteiger partial charge in [-0.3, -0.25) is 4.79 Å². The SMILES string of the molecule is COC(=O)C(C)(C)COc1c(C)cc(C(N)=S)cc1C. The first-order valence-corrected chi connectivity index (χ1v) is 6.72. The highest BCUT2D eigenvalue weighted by Crippen LogP contribution is 2.27. The van der Waals surface area contributed by atoms with Crippen LogP contribution >= 0.6 is 12.2 Å². The monoisotopic (exact) mass is 295 g/mol. The molecule has 0 saturated carbocycles. The van der Waals surface area contributed by atoms with Crippen molar-refractivity contribution in [1.82, 2.24) is 0 Å². The zero-order chi connectivity index (χ0) is 15.5. The first-order valence-electron chi connectivity index (χ1n) is 6.31. The van der Waals surface area contributed by atoms with E-state index in [1.165, 1.54) is 7.11 Å². The number of ether oxygens (including phenoxy) is 2. The van der Waals surface area contributed by atoms with E-state index in [4.69, 9.17) is 27.4 Å². The number of rotatable bonds is 5. The van der Waals surface area contributed by atoms with Crippen LogP contribution < -0.4 is 10.5 Å². The number of aryl methyl sites for hydroxylation is 2. The molecule has 0 atom stereocenters. The maximum Gasteiger partial charge on any atom is 0.314 e. The van der Waals surface area contributed by atoms with Crippen molar-refractivity contribution in [3.05, 3.63) is 28.8 Å². The molecule has 0 amide bonds. The first kappa shape index (κ1) is 16.4. The van der Waals surface area contributed by atoms with Crippen LogP contribution in [0.25, 0.3) is 0 Å². The molecule has 0 unspecified atom stereocenters. The zero-order valence-corrected chi connectivity index (χ0v) is 13.4. The van der Waals surface area contributed by atoms with E-state index in [0.717, 1.165) is 22.4 Å². The Morgan fingerprint density at radius 3 is 2.20 bits per heavy atom. The Balaban J connectivity index is 2.94. The number of hydrogen-bond donors (Lipinski definition) is 1. The molecule has 1 aromatic rings. The molecule has 4 nitrogen and oxygen atoms in total. The standard InChI is InChI=1S/C15H21NO3S/c1-9-6-11(13(16)20)7-10(2)12(9)19-8-15(3,4)14(17)18-5/h6-7H,8H2,1-5H3,(H2,16,20). The van der Waals surface area contributed by atoms with Crippen molar-refractivity contribution in [2.45, 2.75) is 27.7 Å². The minimum atomic E-state index is -0.699. The smallest absolute Gasteiger partial charge is 0.314 e. The number of carbonyl (C=O) groups is 1. The van der Waals surface area contributed by atoms with Crippen LogP contribution in [0.3, 0.4) is 0 Å². The molecule has 0 heterocycles. The number of methoxy groups -OCH3 is 1. The van der Waals surface area contributed by atoms with Crippen molar-refractivity contribution >= 4 is 23.2 Å². The third-order valence-electron chi connectivity index (χ3n) is 3.06. The van der Waals surface area contributed by atoms with Crippen LogP contribution in [0.2, 0.25) is 0 Å². The highest BCUT2D eigenvalue weighted by Gasteiger charge is 2.30. The number of esters is 1. The molecule has 1 aromatic carbocycles. The summed E-state index contributed by atoms with van der Waals surface area (Å²) in [4.78, 5) is 12.0. The minimum absolute atomic E-state index is 0.244. The molecule has 1 rings (SSSR count). The normalized spacial score (nSPS) is 11.1. The second-order valence-corrected chi connectivity index (χ2v) is 5.91. The Kier molecular flexibility index (Phi) is 5.11. The summed E-state index contributed by atoms with van der Waals surface area (Å²) in [7, 11) is 1.37. The van der Waals surface area contributed by atoms with Gasteiger partial charge in [-0.25, -0.2) is 0 Å². The number of nitrogens with two attached hydrogens (primary N) is 1. The van der Waals surface area contributed by atoms with Gasteiger partial charge < -0.3 is 15.2 Å². The Morgan fingerprint density at radius 1 is 1.30 bits per heavy atom. The van der Waals surface area contributed by atoms with Crippen LogP contribution in [-0.4, -0.2) is 24.7 Å². The van der Waals surface area contributed by atoms with E-state index in [9.17, 15) is 4.79 Å². The lowest BCUT2D eigenvalue weighted by Gasteiger charge is -2.23. The lowest BCUT2D eigenvalue weighted by atomic mass is 9.95. The molecule has 0 saturated heterocycles. The average Bonchev–Trinajstić information content (AvgIpc) is 2.36. The quantitative estimate of drug-likeness (QED) is 0.668. The van der Waals surface area contributed by atoms with Gasteiger partial charge in [0.15, 0.2) is 0 Å². The Morgan fingerprint density at radius 2 is 1.80 bits per heavy atom. The maximum atomic E-state index is 11.6. The van der Waals surface area contributed by atoms with E-state index in [1.807, 2.05) is 26.0 Å². The summed E-state index contributed by atoms with van der Waals surface area (Å²) in [6.45, 7) is 7.66.